The van der Waals surface area contributed by atoms with Gasteiger partial charge in [0.2, 0.25) is 0 Å². The fourth-order valence-corrected chi connectivity index (χ4v) is 4.63. The number of hydrogen-bond acceptors (Lipinski definition) is 6. The molecule has 0 spiro atoms. The van der Waals surface area contributed by atoms with E-state index in [1.54, 1.807) is 23.5 Å². The molecule has 0 unspecified atom stereocenters. The van der Waals surface area contributed by atoms with Crippen LogP contribution in [0.4, 0.5) is 0 Å². The molecule has 3 aliphatic rings. The molecule has 0 aromatic rings. The van der Waals surface area contributed by atoms with E-state index in [2.05, 4.69) is 0 Å². The number of hydrogen-bond donors (Lipinski definition) is 0. The Labute approximate surface area is 102 Å². The highest BCUT2D eigenvalue weighted by Crippen LogP contribution is 2.47. The number of thioether (sulfide) groups is 2. The zero-order valence-corrected chi connectivity index (χ0v) is 10.4. The van der Waals surface area contributed by atoms with Crippen molar-refractivity contribution in [2.75, 3.05) is 18.1 Å². The first kappa shape index (κ1) is 11.0. The third kappa shape index (κ3) is 1.77. The van der Waals surface area contributed by atoms with Crippen molar-refractivity contribution in [1.82, 2.24) is 0 Å². The molecule has 0 saturated carbocycles. The molecule has 16 heavy (non-hydrogen) atoms. The fraction of sp³-hybridized carbons (Fsp3) is 0.700. The molecule has 0 N–H and O–H groups in total. The summed E-state index contributed by atoms with van der Waals surface area (Å²) in [4.78, 5) is 13.4. The average Bonchev–Trinajstić information content (AvgIpc) is 2.70. The number of carbonyl (C=O) groups is 1. The summed E-state index contributed by atoms with van der Waals surface area (Å²) < 4.78 is 16.6. The van der Waals surface area contributed by atoms with E-state index in [-0.39, 0.29) is 24.5 Å². The van der Waals surface area contributed by atoms with E-state index in [0.29, 0.717) is 6.61 Å². The van der Waals surface area contributed by atoms with E-state index in [9.17, 15) is 4.79 Å². The Kier molecular flexibility index (Phi) is 2.91. The van der Waals surface area contributed by atoms with Crippen LogP contribution in [0.3, 0.4) is 0 Å². The Morgan fingerprint density at radius 1 is 1.38 bits per heavy atom. The van der Waals surface area contributed by atoms with E-state index in [0.717, 1.165) is 21.3 Å². The van der Waals surface area contributed by atoms with Crippen molar-refractivity contribution in [2.45, 2.75) is 25.4 Å². The second-order valence-electron chi connectivity index (χ2n) is 3.80. The Balaban J connectivity index is 1.92. The molecule has 6 heteroatoms. The lowest BCUT2D eigenvalue weighted by molar-refractivity contribution is -0.151. The maximum atomic E-state index is 11.1. The Hall–Kier alpha value is -0.170. The molecule has 88 valence electrons. The molecular formula is C10H12O4S2. The van der Waals surface area contributed by atoms with Gasteiger partial charge in [0.15, 0.2) is 12.4 Å². The molecule has 3 heterocycles. The zero-order valence-electron chi connectivity index (χ0n) is 8.80. The molecule has 0 radical (unpaired) electrons. The standard InChI is InChI=1S/C10H12O4S2/c1-5(11)13-7-6-4-12-10(14-6)9-8(7)15-2-3-16-9/h6-7,10H,2-4H2,1H3/t6-,7+,10+/m0/s1. The third-order valence-corrected chi connectivity index (χ3v) is 5.35. The molecule has 0 amide bonds. The largest absolute Gasteiger partial charge is 0.454 e. The van der Waals surface area contributed by atoms with Gasteiger partial charge in [0.05, 0.1) is 11.5 Å². The third-order valence-electron chi connectivity index (χ3n) is 2.65. The second-order valence-corrected chi connectivity index (χ2v) is 6.07. The first-order valence-electron chi connectivity index (χ1n) is 5.19. The summed E-state index contributed by atoms with van der Waals surface area (Å²) in [6.07, 6.45) is -0.604. The van der Waals surface area contributed by atoms with E-state index in [1.165, 1.54) is 6.92 Å². The summed E-state index contributed by atoms with van der Waals surface area (Å²) in [5, 5.41) is 0. The lowest BCUT2D eigenvalue weighted by Crippen LogP contribution is -2.38. The van der Waals surface area contributed by atoms with E-state index in [4.69, 9.17) is 14.2 Å². The number of rotatable bonds is 1. The van der Waals surface area contributed by atoms with Gasteiger partial charge in [-0.05, 0) is 0 Å². The van der Waals surface area contributed by atoms with Crippen LogP contribution >= 0.6 is 23.5 Å². The molecule has 3 aliphatic heterocycles. The second kappa shape index (κ2) is 4.25. The Bertz CT molecular complexity index is 355. The number of esters is 1. The molecular weight excluding hydrogens is 248 g/mol. The van der Waals surface area contributed by atoms with Crippen LogP contribution in [0.2, 0.25) is 0 Å². The Morgan fingerprint density at radius 3 is 2.88 bits per heavy atom. The van der Waals surface area contributed by atoms with Crippen LogP contribution in [0, 0.1) is 0 Å². The van der Waals surface area contributed by atoms with Gasteiger partial charge >= 0.3 is 5.97 Å². The van der Waals surface area contributed by atoms with Gasteiger partial charge in [-0.15, -0.1) is 23.5 Å². The first-order valence-corrected chi connectivity index (χ1v) is 7.17. The topological polar surface area (TPSA) is 44.8 Å². The Morgan fingerprint density at radius 2 is 2.12 bits per heavy atom. The predicted molar refractivity (Wildman–Crippen MR) is 62.1 cm³/mol. The van der Waals surface area contributed by atoms with Crippen LogP contribution in [0.1, 0.15) is 6.92 Å². The van der Waals surface area contributed by atoms with Crippen LogP contribution in [0.15, 0.2) is 9.81 Å². The first-order chi connectivity index (χ1) is 7.75. The van der Waals surface area contributed by atoms with Crippen LogP contribution < -0.4 is 0 Å². The molecule has 1 saturated heterocycles. The lowest BCUT2D eigenvalue weighted by Gasteiger charge is -2.33. The van der Waals surface area contributed by atoms with Crippen molar-refractivity contribution < 1.29 is 19.0 Å². The highest BCUT2D eigenvalue weighted by atomic mass is 32.2. The average molecular weight is 260 g/mol. The van der Waals surface area contributed by atoms with Gasteiger partial charge in [0, 0.05) is 23.3 Å². The lowest BCUT2D eigenvalue weighted by atomic mass is 10.1. The van der Waals surface area contributed by atoms with Crippen LogP contribution in [0.5, 0.6) is 0 Å². The van der Waals surface area contributed by atoms with Gasteiger partial charge in [-0.1, -0.05) is 0 Å². The molecule has 4 nitrogen and oxygen atoms in total. The molecule has 1 fully saturated rings. The summed E-state index contributed by atoms with van der Waals surface area (Å²) in [5.41, 5.74) is 0. The summed E-state index contributed by atoms with van der Waals surface area (Å²) in [6, 6.07) is 0. The van der Waals surface area contributed by atoms with Gasteiger partial charge < -0.3 is 14.2 Å². The molecule has 0 aliphatic carbocycles. The minimum atomic E-state index is -0.262. The summed E-state index contributed by atoms with van der Waals surface area (Å²) in [6.45, 7) is 1.94. The van der Waals surface area contributed by atoms with Gasteiger partial charge in [-0.2, -0.15) is 0 Å². The highest BCUT2D eigenvalue weighted by molar-refractivity contribution is 8.10. The van der Waals surface area contributed by atoms with Gasteiger partial charge in [-0.3, -0.25) is 4.79 Å². The van der Waals surface area contributed by atoms with Crippen LogP contribution in [-0.2, 0) is 19.0 Å². The summed E-state index contributed by atoms with van der Waals surface area (Å²) in [7, 11) is 0. The SMILES string of the molecule is CC(=O)O[C@H]1C2=C(SCCS2)[C@@H]2OC[C@@H]1O2. The van der Waals surface area contributed by atoms with Gasteiger partial charge in [0.1, 0.15) is 6.10 Å². The summed E-state index contributed by atoms with van der Waals surface area (Å²) >= 11 is 3.52. The van der Waals surface area contributed by atoms with Crippen molar-refractivity contribution in [3.63, 3.8) is 0 Å². The van der Waals surface area contributed by atoms with Crippen LogP contribution in [-0.4, -0.2) is 42.6 Å². The van der Waals surface area contributed by atoms with Crippen LogP contribution in [0.25, 0.3) is 0 Å². The summed E-state index contributed by atoms with van der Waals surface area (Å²) in [5.74, 6) is 1.85. The fourth-order valence-electron chi connectivity index (χ4n) is 2.04. The van der Waals surface area contributed by atoms with Gasteiger partial charge in [0.25, 0.3) is 0 Å². The molecule has 3 rings (SSSR count). The van der Waals surface area contributed by atoms with E-state index < -0.39 is 0 Å². The van der Waals surface area contributed by atoms with E-state index >= 15 is 0 Å². The minimum absolute atomic E-state index is 0.126. The van der Waals surface area contributed by atoms with E-state index in [1.807, 2.05) is 0 Å². The van der Waals surface area contributed by atoms with Crippen molar-refractivity contribution >= 4 is 29.5 Å². The normalized spacial score (nSPS) is 37.2. The number of ether oxygens (including phenoxy) is 3. The number of fused-ring (bicyclic) bond motifs is 3. The smallest absolute Gasteiger partial charge is 0.303 e. The monoisotopic (exact) mass is 260 g/mol. The molecule has 2 bridgehead atoms. The minimum Gasteiger partial charge on any atom is -0.454 e. The van der Waals surface area contributed by atoms with Gasteiger partial charge in [-0.25, -0.2) is 0 Å². The number of carbonyl (C=O) groups excluding carboxylic acids is 1. The molecule has 0 aromatic heterocycles. The maximum absolute atomic E-state index is 11.1. The zero-order chi connectivity index (χ0) is 11.1. The van der Waals surface area contributed by atoms with Crippen molar-refractivity contribution in [3.8, 4) is 0 Å². The quantitative estimate of drug-likeness (QED) is 0.663. The highest BCUT2D eigenvalue weighted by Gasteiger charge is 2.46. The molecule has 3 atom stereocenters. The predicted octanol–water partition coefficient (Wildman–Crippen LogP) is 1.36. The van der Waals surface area contributed by atoms with Crippen molar-refractivity contribution in [2.24, 2.45) is 0 Å². The van der Waals surface area contributed by atoms with Crippen molar-refractivity contribution in [1.29, 1.82) is 0 Å². The van der Waals surface area contributed by atoms with Crippen molar-refractivity contribution in [3.05, 3.63) is 9.81 Å². The maximum Gasteiger partial charge on any atom is 0.303 e. The molecule has 0 aromatic carbocycles.